The molecular formula is C24H32N2O4. The molecule has 4 atom stereocenters. The molecule has 0 aromatic heterocycles. The Balaban J connectivity index is 1.59. The number of hydrogen-bond acceptors (Lipinski definition) is 6. The van der Waals surface area contributed by atoms with Crippen molar-refractivity contribution in [1.82, 2.24) is 5.32 Å². The second-order valence-electron chi connectivity index (χ2n) is 9.66. The summed E-state index contributed by atoms with van der Waals surface area (Å²) < 4.78 is 17.6. The van der Waals surface area contributed by atoms with Crippen molar-refractivity contribution in [2.24, 2.45) is 5.92 Å². The van der Waals surface area contributed by atoms with Gasteiger partial charge in [-0.3, -0.25) is 0 Å². The lowest BCUT2D eigenvalue weighted by Gasteiger charge is -2.45. The van der Waals surface area contributed by atoms with Crippen LogP contribution in [0.3, 0.4) is 0 Å². The van der Waals surface area contributed by atoms with Crippen LogP contribution < -0.4 is 10.6 Å². The van der Waals surface area contributed by atoms with Crippen LogP contribution in [0.5, 0.6) is 0 Å². The van der Waals surface area contributed by atoms with E-state index in [-0.39, 0.29) is 28.9 Å². The van der Waals surface area contributed by atoms with Crippen molar-refractivity contribution < 1.29 is 19.0 Å². The number of carbonyl (C=O) groups is 1. The van der Waals surface area contributed by atoms with E-state index in [2.05, 4.69) is 35.8 Å². The first-order valence-corrected chi connectivity index (χ1v) is 11.1. The predicted octanol–water partition coefficient (Wildman–Crippen LogP) is 3.48. The summed E-state index contributed by atoms with van der Waals surface area (Å²) in [5.74, 6) is -0.552. The SMILES string of the molecule is CC[C@]1(C[C@@H]2CC(C(=O)OC)=C3Nc4ccccc4[C@@]34CCN[C@@H]24)COC(C)(C)O1. The molecule has 6 nitrogen and oxygen atoms in total. The van der Waals surface area contributed by atoms with E-state index in [1.165, 1.54) is 12.7 Å². The van der Waals surface area contributed by atoms with Gasteiger partial charge in [-0.25, -0.2) is 4.79 Å². The standard InChI is InChI=1S/C24H32N2O4/c1-5-23(14-29-22(2,3)30-23)13-15-12-16(21(27)28-4)20-24(10-11-25-19(15)24)17-8-6-7-9-18(17)26-20/h6-9,15,19,25-26H,5,10-14H2,1-4H3/t15-,19-,23-,24+/m0/s1. The minimum atomic E-state index is -0.570. The van der Waals surface area contributed by atoms with Crippen LogP contribution in [-0.4, -0.2) is 43.7 Å². The highest BCUT2D eigenvalue weighted by molar-refractivity contribution is 5.93. The number of anilines is 1. The average molecular weight is 413 g/mol. The molecule has 1 spiro atoms. The Morgan fingerprint density at radius 3 is 2.80 bits per heavy atom. The van der Waals surface area contributed by atoms with Gasteiger partial charge in [-0.15, -0.1) is 0 Å². The summed E-state index contributed by atoms with van der Waals surface area (Å²) in [4.78, 5) is 12.9. The van der Waals surface area contributed by atoms with Gasteiger partial charge in [0.1, 0.15) is 0 Å². The average Bonchev–Trinajstić information content (AvgIpc) is 3.41. The van der Waals surface area contributed by atoms with Crippen LogP contribution in [0.25, 0.3) is 0 Å². The Hall–Kier alpha value is -1.89. The normalized spacial score (nSPS) is 36.1. The molecule has 1 aliphatic carbocycles. The van der Waals surface area contributed by atoms with E-state index >= 15 is 0 Å². The Labute approximate surface area is 178 Å². The highest BCUT2D eigenvalue weighted by Gasteiger charge is 2.60. The summed E-state index contributed by atoms with van der Waals surface area (Å²) in [6.07, 6.45) is 3.37. The van der Waals surface area contributed by atoms with E-state index in [9.17, 15) is 4.79 Å². The van der Waals surface area contributed by atoms with Crippen molar-refractivity contribution in [2.45, 2.75) is 69.3 Å². The number of para-hydroxylation sites is 1. The predicted molar refractivity (Wildman–Crippen MR) is 114 cm³/mol. The molecular weight excluding hydrogens is 380 g/mol. The molecule has 5 rings (SSSR count). The number of ether oxygens (including phenoxy) is 3. The summed E-state index contributed by atoms with van der Waals surface area (Å²) in [5.41, 5.74) is 3.67. The van der Waals surface area contributed by atoms with Gasteiger partial charge in [0.2, 0.25) is 0 Å². The maximum absolute atomic E-state index is 12.9. The van der Waals surface area contributed by atoms with Crippen LogP contribution in [0.15, 0.2) is 35.5 Å². The Morgan fingerprint density at radius 1 is 1.30 bits per heavy atom. The molecule has 162 valence electrons. The summed E-state index contributed by atoms with van der Waals surface area (Å²) in [6, 6.07) is 8.70. The van der Waals surface area contributed by atoms with Gasteiger partial charge in [-0.1, -0.05) is 25.1 Å². The Kier molecular flexibility index (Phi) is 4.55. The molecule has 0 saturated carbocycles. The number of benzene rings is 1. The third kappa shape index (κ3) is 2.77. The molecule has 3 aliphatic heterocycles. The highest BCUT2D eigenvalue weighted by atomic mass is 16.8. The zero-order valence-corrected chi connectivity index (χ0v) is 18.3. The number of carbonyl (C=O) groups excluding carboxylic acids is 1. The Bertz CT molecular complexity index is 910. The summed E-state index contributed by atoms with van der Waals surface area (Å²) >= 11 is 0. The molecule has 0 radical (unpaired) electrons. The fourth-order valence-corrected chi connectivity index (χ4v) is 6.38. The van der Waals surface area contributed by atoms with Gasteiger partial charge in [-0.05, 0) is 63.6 Å². The molecule has 3 heterocycles. The van der Waals surface area contributed by atoms with E-state index in [0.29, 0.717) is 13.0 Å². The van der Waals surface area contributed by atoms with Gasteiger partial charge >= 0.3 is 5.97 Å². The quantitative estimate of drug-likeness (QED) is 0.738. The zero-order valence-electron chi connectivity index (χ0n) is 18.3. The number of methoxy groups -OCH3 is 1. The largest absolute Gasteiger partial charge is 0.466 e. The van der Waals surface area contributed by atoms with E-state index in [0.717, 1.165) is 42.8 Å². The molecule has 4 aliphatic rings. The smallest absolute Gasteiger partial charge is 0.335 e. The van der Waals surface area contributed by atoms with Gasteiger partial charge in [-0.2, -0.15) is 0 Å². The van der Waals surface area contributed by atoms with Crippen molar-refractivity contribution in [3.63, 3.8) is 0 Å². The topological polar surface area (TPSA) is 68.8 Å². The lowest BCUT2D eigenvalue weighted by molar-refractivity contribution is -0.166. The van der Waals surface area contributed by atoms with Crippen LogP contribution in [0.2, 0.25) is 0 Å². The van der Waals surface area contributed by atoms with Crippen LogP contribution >= 0.6 is 0 Å². The monoisotopic (exact) mass is 412 g/mol. The first kappa shape index (κ1) is 20.0. The van der Waals surface area contributed by atoms with Crippen molar-refractivity contribution >= 4 is 11.7 Å². The fourth-order valence-electron chi connectivity index (χ4n) is 6.38. The van der Waals surface area contributed by atoms with Crippen LogP contribution in [0.1, 0.15) is 52.0 Å². The molecule has 0 unspecified atom stereocenters. The minimum absolute atomic E-state index is 0.215. The molecule has 2 N–H and O–H groups in total. The van der Waals surface area contributed by atoms with Gasteiger partial charge in [0.15, 0.2) is 5.79 Å². The third-order valence-corrected chi connectivity index (χ3v) is 7.62. The number of esters is 1. The molecule has 1 aromatic carbocycles. The van der Waals surface area contributed by atoms with Gasteiger partial charge in [0, 0.05) is 17.4 Å². The van der Waals surface area contributed by atoms with Crippen molar-refractivity contribution in [3.8, 4) is 0 Å². The fraction of sp³-hybridized carbons (Fsp3) is 0.625. The summed E-state index contributed by atoms with van der Waals surface area (Å²) in [6.45, 7) is 7.65. The molecule has 1 aromatic rings. The maximum atomic E-state index is 12.9. The molecule has 6 heteroatoms. The van der Waals surface area contributed by atoms with Gasteiger partial charge in [0.05, 0.1) is 30.3 Å². The first-order chi connectivity index (χ1) is 14.3. The summed E-state index contributed by atoms with van der Waals surface area (Å²) in [5, 5.41) is 7.40. The van der Waals surface area contributed by atoms with Crippen LogP contribution in [0, 0.1) is 5.92 Å². The van der Waals surface area contributed by atoms with E-state index in [1.807, 2.05) is 19.9 Å². The second-order valence-corrected chi connectivity index (χ2v) is 9.66. The third-order valence-electron chi connectivity index (χ3n) is 7.62. The van der Waals surface area contributed by atoms with Crippen molar-refractivity contribution in [1.29, 1.82) is 0 Å². The summed E-state index contributed by atoms with van der Waals surface area (Å²) in [7, 11) is 1.47. The number of fused-ring (bicyclic) bond motifs is 1. The molecule has 30 heavy (non-hydrogen) atoms. The van der Waals surface area contributed by atoms with Gasteiger partial charge < -0.3 is 24.8 Å². The van der Waals surface area contributed by atoms with Crippen LogP contribution in [0.4, 0.5) is 5.69 Å². The van der Waals surface area contributed by atoms with Gasteiger partial charge in [0.25, 0.3) is 0 Å². The van der Waals surface area contributed by atoms with E-state index < -0.39 is 5.79 Å². The van der Waals surface area contributed by atoms with Crippen molar-refractivity contribution in [3.05, 3.63) is 41.1 Å². The number of hydrogen-bond donors (Lipinski definition) is 2. The number of rotatable bonds is 4. The molecule has 2 fully saturated rings. The van der Waals surface area contributed by atoms with E-state index in [1.54, 1.807) is 0 Å². The molecule has 0 bridgehead atoms. The zero-order chi connectivity index (χ0) is 21.1. The van der Waals surface area contributed by atoms with Crippen LogP contribution in [-0.2, 0) is 24.4 Å². The molecule has 2 saturated heterocycles. The first-order valence-electron chi connectivity index (χ1n) is 11.1. The number of nitrogens with one attached hydrogen (secondary N) is 2. The lowest BCUT2D eigenvalue weighted by atomic mass is 9.61. The second kappa shape index (κ2) is 6.81. The maximum Gasteiger partial charge on any atom is 0.335 e. The van der Waals surface area contributed by atoms with E-state index in [4.69, 9.17) is 14.2 Å². The van der Waals surface area contributed by atoms with Crippen molar-refractivity contribution in [2.75, 3.05) is 25.6 Å². The lowest BCUT2D eigenvalue weighted by Crippen LogP contribution is -2.52. The minimum Gasteiger partial charge on any atom is -0.466 e. The Morgan fingerprint density at radius 2 is 2.10 bits per heavy atom. The highest BCUT2D eigenvalue weighted by Crippen LogP contribution is 2.58. The molecule has 0 amide bonds.